The third-order valence-corrected chi connectivity index (χ3v) is 4.55. The van der Waals surface area contributed by atoms with Crippen LogP contribution >= 0.6 is 0 Å². The van der Waals surface area contributed by atoms with Crippen LogP contribution < -0.4 is 15.0 Å². The van der Waals surface area contributed by atoms with Crippen molar-refractivity contribution in [1.82, 2.24) is 10.4 Å². The van der Waals surface area contributed by atoms with E-state index in [1.807, 2.05) is 24.3 Å². The second-order valence-electron chi connectivity index (χ2n) is 6.68. The highest BCUT2D eigenvalue weighted by atomic mass is 16.7. The van der Waals surface area contributed by atoms with E-state index in [0.29, 0.717) is 12.3 Å². The summed E-state index contributed by atoms with van der Waals surface area (Å²) in [4.78, 5) is 13.4. The van der Waals surface area contributed by atoms with Gasteiger partial charge in [-0.1, -0.05) is 19.4 Å². The summed E-state index contributed by atoms with van der Waals surface area (Å²) < 4.78 is 16.6. The predicted octanol–water partition coefficient (Wildman–Crippen LogP) is 3.37. The average Bonchev–Trinajstić information content (AvgIpc) is 3.36. The van der Waals surface area contributed by atoms with Crippen molar-refractivity contribution in [3.8, 4) is 11.5 Å². The topological polar surface area (TPSA) is 84.2 Å². The molecule has 7 nitrogen and oxygen atoms in total. The zero-order valence-corrected chi connectivity index (χ0v) is 16.0. The molecular formula is C21H26N2O5. The molecule has 1 aromatic carbocycles. The first kappa shape index (κ1) is 20.0. The summed E-state index contributed by atoms with van der Waals surface area (Å²) in [5.74, 6) is 2.44. The maximum atomic E-state index is 11.1. The van der Waals surface area contributed by atoms with Crippen molar-refractivity contribution in [3.63, 3.8) is 0 Å². The fourth-order valence-electron chi connectivity index (χ4n) is 3.02. The van der Waals surface area contributed by atoms with Gasteiger partial charge in [-0.05, 0) is 55.3 Å². The number of fused-ring (bicyclic) bond motifs is 1. The van der Waals surface area contributed by atoms with Crippen LogP contribution in [0.2, 0.25) is 0 Å². The lowest BCUT2D eigenvalue weighted by Gasteiger charge is -2.21. The van der Waals surface area contributed by atoms with E-state index < -0.39 is 5.91 Å². The first-order valence-electron chi connectivity index (χ1n) is 9.49. The van der Waals surface area contributed by atoms with Gasteiger partial charge in [-0.15, -0.1) is 0 Å². The SMILES string of the molecule is CCCCN(CCc1ccc2c(c1)OCO2)Cc1ccc(/C=C/C(=O)NO)o1. The number of unbranched alkanes of at least 4 members (excludes halogenated alkanes) is 1. The Labute approximate surface area is 164 Å². The Kier molecular flexibility index (Phi) is 7.11. The molecule has 1 aliphatic rings. The molecule has 0 bridgehead atoms. The van der Waals surface area contributed by atoms with Crippen LogP contribution in [-0.4, -0.2) is 35.9 Å². The van der Waals surface area contributed by atoms with Gasteiger partial charge < -0.3 is 13.9 Å². The Balaban J connectivity index is 1.58. The zero-order chi connectivity index (χ0) is 19.8. The number of hydrogen-bond donors (Lipinski definition) is 2. The number of hydrogen-bond acceptors (Lipinski definition) is 6. The van der Waals surface area contributed by atoms with Crippen molar-refractivity contribution in [2.45, 2.75) is 32.7 Å². The van der Waals surface area contributed by atoms with Crippen molar-refractivity contribution in [2.75, 3.05) is 19.9 Å². The highest BCUT2D eigenvalue weighted by Crippen LogP contribution is 2.32. The zero-order valence-electron chi connectivity index (χ0n) is 16.0. The van der Waals surface area contributed by atoms with Gasteiger partial charge in [0.25, 0.3) is 5.91 Å². The van der Waals surface area contributed by atoms with Gasteiger partial charge in [0.15, 0.2) is 11.5 Å². The van der Waals surface area contributed by atoms with E-state index in [9.17, 15) is 4.79 Å². The highest BCUT2D eigenvalue weighted by Gasteiger charge is 2.14. The normalized spacial score (nSPS) is 12.8. The van der Waals surface area contributed by atoms with Gasteiger partial charge in [-0.25, -0.2) is 5.48 Å². The molecule has 0 aliphatic carbocycles. The third-order valence-electron chi connectivity index (χ3n) is 4.55. The minimum absolute atomic E-state index is 0.288. The van der Waals surface area contributed by atoms with Crippen LogP contribution in [0.25, 0.3) is 6.08 Å². The summed E-state index contributed by atoms with van der Waals surface area (Å²) in [6.45, 7) is 5.05. The summed E-state index contributed by atoms with van der Waals surface area (Å²) in [7, 11) is 0. The molecule has 0 spiro atoms. The van der Waals surface area contributed by atoms with Gasteiger partial charge in [-0.2, -0.15) is 0 Å². The molecule has 0 saturated heterocycles. The van der Waals surface area contributed by atoms with E-state index >= 15 is 0 Å². The monoisotopic (exact) mass is 386 g/mol. The Morgan fingerprint density at radius 2 is 2.07 bits per heavy atom. The number of amides is 1. The van der Waals surface area contributed by atoms with E-state index in [-0.39, 0.29) is 6.79 Å². The van der Waals surface area contributed by atoms with Gasteiger partial charge in [0.2, 0.25) is 6.79 Å². The molecule has 7 heteroatoms. The summed E-state index contributed by atoms with van der Waals surface area (Å²) in [6, 6.07) is 9.81. The number of nitrogens with zero attached hydrogens (tertiary/aromatic N) is 1. The first-order valence-corrected chi connectivity index (χ1v) is 9.49. The predicted molar refractivity (Wildman–Crippen MR) is 104 cm³/mol. The molecule has 150 valence electrons. The Morgan fingerprint density at radius 1 is 1.21 bits per heavy atom. The van der Waals surface area contributed by atoms with E-state index in [4.69, 9.17) is 19.1 Å². The molecule has 3 rings (SSSR count). The van der Waals surface area contributed by atoms with Crippen LogP contribution in [0.4, 0.5) is 0 Å². The molecule has 0 fully saturated rings. The minimum Gasteiger partial charge on any atom is -0.460 e. The lowest BCUT2D eigenvalue weighted by molar-refractivity contribution is -0.124. The second-order valence-corrected chi connectivity index (χ2v) is 6.68. The lowest BCUT2D eigenvalue weighted by Crippen LogP contribution is -2.26. The van der Waals surface area contributed by atoms with Crippen molar-refractivity contribution in [2.24, 2.45) is 0 Å². The molecule has 0 radical (unpaired) electrons. The second kappa shape index (κ2) is 9.96. The smallest absolute Gasteiger partial charge is 0.267 e. The van der Waals surface area contributed by atoms with Gasteiger partial charge in [0.05, 0.1) is 6.54 Å². The molecule has 2 aromatic rings. The van der Waals surface area contributed by atoms with Crippen LogP contribution in [0, 0.1) is 0 Å². The number of hydroxylamine groups is 1. The Bertz CT molecular complexity index is 815. The lowest BCUT2D eigenvalue weighted by atomic mass is 10.1. The fourth-order valence-corrected chi connectivity index (χ4v) is 3.02. The number of carbonyl (C=O) groups is 1. The van der Waals surface area contributed by atoms with Crippen molar-refractivity contribution < 1.29 is 23.9 Å². The summed E-state index contributed by atoms with van der Waals surface area (Å²) in [6.07, 6.45) is 5.90. The standard InChI is InChI=1S/C21H26N2O5/c1-2-3-11-23(12-10-16-4-8-19-20(13-16)27-15-26-19)14-18-6-5-17(28-18)7-9-21(24)22-25/h4-9,13,25H,2-3,10-12,14-15H2,1H3,(H,22,24)/b9-7+. The largest absolute Gasteiger partial charge is 0.460 e. The fraction of sp³-hybridized carbons (Fsp3) is 0.381. The van der Waals surface area contributed by atoms with Gasteiger partial charge in [-0.3, -0.25) is 14.9 Å². The Hall–Kier alpha value is -2.77. The van der Waals surface area contributed by atoms with Crippen LogP contribution in [0.1, 0.15) is 36.8 Å². The molecule has 0 unspecified atom stereocenters. The van der Waals surface area contributed by atoms with E-state index in [0.717, 1.165) is 49.6 Å². The molecule has 2 heterocycles. The number of benzene rings is 1. The average molecular weight is 386 g/mol. The summed E-state index contributed by atoms with van der Waals surface area (Å²) in [5.41, 5.74) is 2.76. The molecule has 1 amide bonds. The van der Waals surface area contributed by atoms with E-state index in [2.05, 4.69) is 17.9 Å². The summed E-state index contributed by atoms with van der Waals surface area (Å²) in [5, 5.41) is 8.52. The molecule has 0 atom stereocenters. The van der Waals surface area contributed by atoms with E-state index in [1.54, 1.807) is 5.48 Å². The molecule has 1 aromatic heterocycles. The number of furan rings is 1. The maximum Gasteiger partial charge on any atom is 0.267 e. The first-order chi connectivity index (χ1) is 13.7. The van der Waals surface area contributed by atoms with Crippen LogP contribution in [0.5, 0.6) is 11.5 Å². The highest BCUT2D eigenvalue weighted by molar-refractivity contribution is 5.90. The summed E-state index contributed by atoms with van der Waals surface area (Å²) >= 11 is 0. The van der Waals surface area contributed by atoms with Crippen molar-refractivity contribution >= 4 is 12.0 Å². The number of carbonyl (C=O) groups excluding carboxylic acids is 1. The van der Waals surface area contributed by atoms with E-state index in [1.165, 1.54) is 17.7 Å². The van der Waals surface area contributed by atoms with Crippen LogP contribution in [-0.2, 0) is 17.8 Å². The van der Waals surface area contributed by atoms with Gasteiger partial charge in [0, 0.05) is 12.6 Å². The van der Waals surface area contributed by atoms with Crippen molar-refractivity contribution in [1.29, 1.82) is 0 Å². The number of rotatable bonds is 10. The maximum absolute atomic E-state index is 11.1. The quantitative estimate of drug-likeness (QED) is 0.370. The van der Waals surface area contributed by atoms with Crippen LogP contribution in [0.3, 0.4) is 0 Å². The molecule has 1 aliphatic heterocycles. The van der Waals surface area contributed by atoms with Gasteiger partial charge >= 0.3 is 0 Å². The number of ether oxygens (including phenoxy) is 2. The minimum atomic E-state index is -0.591. The molecule has 28 heavy (non-hydrogen) atoms. The molecule has 2 N–H and O–H groups in total. The molecule has 0 saturated carbocycles. The third kappa shape index (κ3) is 5.61. The Morgan fingerprint density at radius 3 is 2.89 bits per heavy atom. The van der Waals surface area contributed by atoms with Gasteiger partial charge in [0.1, 0.15) is 11.5 Å². The van der Waals surface area contributed by atoms with Crippen molar-refractivity contribution in [3.05, 3.63) is 53.5 Å². The van der Waals surface area contributed by atoms with Crippen LogP contribution in [0.15, 0.2) is 40.8 Å². The number of nitrogens with one attached hydrogen (secondary N) is 1. The molecular weight excluding hydrogens is 360 g/mol.